The summed E-state index contributed by atoms with van der Waals surface area (Å²) in [5, 5.41) is 7.43. The number of hydrogen-bond donors (Lipinski definition) is 1. The number of likely N-dealkylation sites (tertiary alicyclic amines) is 1. The molecule has 1 aromatic rings. The Hall–Kier alpha value is -0.940. The Kier molecular flexibility index (Phi) is 3.33. The van der Waals surface area contributed by atoms with Crippen LogP contribution in [0.4, 0.5) is 0 Å². The molecule has 0 bridgehead atoms. The molecular formula is C10H19N5. The highest BCUT2D eigenvalue weighted by Crippen LogP contribution is 2.11. The lowest BCUT2D eigenvalue weighted by molar-refractivity contribution is 0.182. The van der Waals surface area contributed by atoms with Gasteiger partial charge in [-0.3, -0.25) is 9.58 Å². The van der Waals surface area contributed by atoms with Gasteiger partial charge in [0.2, 0.25) is 0 Å². The van der Waals surface area contributed by atoms with Crippen molar-refractivity contribution in [1.29, 1.82) is 0 Å². The van der Waals surface area contributed by atoms with E-state index in [1.165, 1.54) is 19.4 Å². The molecule has 5 nitrogen and oxygen atoms in total. The lowest BCUT2D eigenvalue weighted by atomic mass is 10.1. The van der Waals surface area contributed by atoms with E-state index in [2.05, 4.69) is 20.3 Å². The van der Waals surface area contributed by atoms with E-state index in [4.69, 9.17) is 0 Å². The van der Waals surface area contributed by atoms with Gasteiger partial charge in [0, 0.05) is 19.6 Å². The summed E-state index contributed by atoms with van der Waals surface area (Å²) in [6.45, 7) is 3.20. The quantitative estimate of drug-likeness (QED) is 0.761. The lowest BCUT2D eigenvalue weighted by Gasteiger charge is -2.31. The Bertz CT molecular complexity index is 309. The minimum atomic E-state index is 0.631. The van der Waals surface area contributed by atoms with Crippen LogP contribution in [0.2, 0.25) is 0 Å². The molecule has 1 fully saturated rings. The van der Waals surface area contributed by atoms with Gasteiger partial charge in [0.05, 0.1) is 6.54 Å². The SMILES string of the molecule is CNC1CCCN(Cc2ncnn2C)C1. The predicted molar refractivity (Wildman–Crippen MR) is 58.4 cm³/mol. The minimum Gasteiger partial charge on any atom is -0.316 e. The number of nitrogens with zero attached hydrogens (tertiary/aromatic N) is 4. The summed E-state index contributed by atoms with van der Waals surface area (Å²) in [5.41, 5.74) is 0. The van der Waals surface area contributed by atoms with Gasteiger partial charge in [-0.25, -0.2) is 4.98 Å². The summed E-state index contributed by atoms with van der Waals surface area (Å²) < 4.78 is 1.85. The molecule has 1 aliphatic rings. The Labute approximate surface area is 90.5 Å². The van der Waals surface area contributed by atoms with Crippen LogP contribution in [0.3, 0.4) is 0 Å². The number of likely N-dealkylation sites (N-methyl/N-ethyl adjacent to an activating group) is 1. The van der Waals surface area contributed by atoms with Gasteiger partial charge in [0.1, 0.15) is 12.2 Å². The molecule has 84 valence electrons. The zero-order chi connectivity index (χ0) is 10.7. The third-order valence-corrected chi connectivity index (χ3v) is 3.08. The molecule has 1 aliphatic heterocycles. The Morgan fingerprint density at radius 3 is 3.13 bits per heavy atom. The number of aromatic nitrogens is 3. The molecule has 5 heteroatoms. The molecule has 0 spiro atoms. The fourth-order valence-electron chi connectivity index (χ4n) is 2.10. The molecule has 1 unspecified atom stereocenters. The summed E-state index contributed by atoms with van der Waals surface area (Å²) in [6.07, 6.45) is 4.17. The van der Waals surface area contributed by atoms with Crippen molar-refractivity contribution in [1.82, 2.24) is 25.0 Å². The summed E-state index contributed by atoms with van der Waals surface area (Å²) in [6, 6.07) is 0.631. The Balaban J connectivity index is 1.92. The molecule has 0 amide bonds. The summed E-state index contributed by atoms with van der Waals surface area (Å²) in [5.74, 6) is 1.05. The normalized spacial score (nSPS) is 23.2. The number of nitrogens with one attached hydrogen (secondary N) is 1. The summed E-state index contributed by atoms with van der Waals surface area (Å²) >= 11 is 0. The van der Waals surface area contributed by atoms with Crippen molar-refractivity contribution in [2.75, 3.05) is 20.1 Å². The zero-order valence-corrected chi connectivity index (χ0v) is 9.48. The lowest BCUT2D eigenvalue weighted by Crippen LogP contribution is -2.44. The predicted octanol–water partition coefficient (Wildman–Crippen LogP) is -0.00110. The van der Waals surface area contributed by atoms with Crippen molar-refractivity contribution >= 4 is 0 Å². The second-order valence-electron chi connectivity index (χ2n) is 4.16. The maximum Gasteiger partial charge on any atom is 0.140 e. The van der Waals surface area contributed by atoms with Crippen molar-refractivity contribution in [3.05, 3.63) is 12.2 Å². The van der Waals surface area contributed by atoms with E-state index in [-0.39, 0.29) is 0 Å². The van der Waals surface area contributed by atoms with E-state index >= 15 is 0 Å². The van der Waals surface area contributed by atoms with Crippen LogP contribution in [0, 0.1) is 0 Å². The van der Waals surface area contributed by atoms with E-state index in [1.807, 2.05) is 18.8 Å². The molecule has 0 aliphatic carbocycles. The molecule has 1 aromatic heterocycles. The molecule has 0 aromatic carbocycles. The largest absolute Gasteiger partial charge is 0.316 e. The van der Waals surface area contributed by atoms with Gasteiger partial charge < -0.3 is 5.32 Å². The third-order valence-electron chi connectivity index (χ3n) is 3.08. The molecule has 1 atom stereocenters. The highest BCUT2D eigenvalue weighted by Gasteiger charge is 2.19. The van der Waals surface area contributed by atoms with Crippen LogP contribution in [-0.2, 0) is 13.6 Å². The van der Waals surface area contributed by atoms with Crippen LogP contribution in [-0.4, -0.2) is 45.8 Å². The number of hydrogen-bond acceptors (Lipinski definition) is 4. The highest BCUT2D eigenvalue weighted by molar-refractivity contribution is 4.86. The maximum atomic E-state index is 4.25. The Morgan fingerprint density at radius 2 is 2.47 bits per heavy atom. The first-order valence-corrected chi connectivity index (χ1v) is 5.52. The summed E-state index contributed by atoms with van der Waals surface area (Å²) in [4.78, 5) is 6.69. The molecule has 2 heterocycles. The van der Waals surface area contributed by atoms with Crippen LogP contribution >= 0.6 is 0 Å². The topological polar surface area (TPSA) is 46.0 Å². The average molecular weight is 209 g/mol. The third kappa shape index (κ3) is 2.54. The smallest absolute Gasteiger partial charge is 0.140 e. The van der Waals surface area contributed by atoms with Crippen molar-refractivity contribution in [2.24, 2.45) is 7.05 Å². The monoisotopic (exact) mass is 209 g/mol. The van der Waals surface area contributed by atoms with Crippen molar-refractivity contribution < 1.29 is 0 Å². The number of rotatable bonds is 3. The van der Waals surface area contributed by atoms with Crippen LogP contribution in [0.5, 0.6) is 0 Å². The van der Waals surface area contributed by atoms with Crippen LogP contribution in [0.15, 0.2) is 6.33 Å². The van der Waals surface area contributed by atoms with Gasteiger partial charge >= 0.3 is 0 Å². The van der Waals surface area contributed by atoms with Gasteiger partial charge in [0.15, 0.2) is 0 Å². The van der Waals surface area contributed by atoms with Crippen LogP contribution < -0.4 is 5.32 Å². The van der Waals surface area contributed by atoms with E-state index in [1.54, 1.807) is 6.33 Å². The molecule has 1 N–H and O–H groups in total. The molecular weight excluding hydrogens is 190 g/mol. The Morgan fingerprint density at radius 1 is 1.60 bits per heavy atom. The van der Waals surface area contributed by atoms with E-state index in [0.717, 1.165) is 18.9 Å². The van der Waals surface area contributed by atoms with Gasteiger partial charge in [-0.05, 0) is 26.4 Å². The molecule has 2 rings (SSSR count). The van der Waals surface area contributed by atoms with Gasteiger partial charge in [-0.15, -0.1) is 0 Å². The first-order valence-electron chi connectivity index (χ1n) is 5.52. The van der Waals surface area contributed by atoms with Crippen molar-refractivity contribution in [3.8, 4) is 0 Å². The number of aryl methyl sites for hydroxylation is 1. The summed E-state index contributed by atoms with van der Waals surface area (Å²) in [7, 11) is 3.98. The molecule has 0 radical (unpaired) electrons. The molecule has 0 saturated carbocycles. The molecule has 1 saturated heterocycles. The fourth-order valence-corrected chi connectivity index (χ4v) is 2.10. The van der Waals surface area contributed by atoms with E-state index in [9.17, 15) is 0 Å². The van der Waals surface area contributed by atoms with Crippen LogP contribution in [0.25, 0.3) is 0 Å². The number of piperidine rings is 1. The van der Waals surface area contributed by atoms with Crippen LogP contribution in [0.1, 0.15) is 18.7 Å². The highest BCUT2D eigenvalue weighted by atomic mass is 15.3. The second-order valence-corrected chi connectivity index (χ2v) is 4.16. The van der Waals surface area contributed by atoms with E-state index < -0.39 is 0 Å². The van der Waals surface area contributed by atoms with Crippen molar-refractivity contribution in [3.63, 3.8) is 0 Å². The van der Waals surface area contributed by atoms with Gasteiger partial charge in [-0.2, -0.15) is 5.10 Å². The second kappa shape index (κ2) is 4.72. The maximum absolute atomic E-state index is 4.25. The zero-order valence-electron chi connectivity index (χ0n) is 9.48. The van der Waals surface area contributed by atoms with Gasteiger partial charge in [0.25, 0.3) is 0 Å². The first kappa shape index (κ1) is 10.6. The van der Waals surface area contributed by atoms with Crippen molar-refractivity contribution in [2.45, 2.75) is 25.4 Å². The van der Waals surface area contributed by atoms with Gasteiger partial charge in [-0.1, -0.05) is 0 Å². The minimum absolute atomic E-state index is 0.631. The van der Waals surface area contributed by atoms with E-state index in [0.29, 0.717) is 6.04 Å². The molecule has 15 heavy (non-hydrogen) atoms. The first-order chi connectivity index (χ1) is 7.29. The average Bonchev–Trinajstić information content (AvgIpc) is 2.65. The standard InChI is InChI=1S/C10H19N5/c1-11-9-4-3-5-15(6-9)7-10-12-8-13-14(10)2/h8-9,11H,3-7H2,1-2H3. The fraction of sp³-hybridized carbons (Fsp3) is 0.800.